The first kappa shape index (κ1) is 10.5. The quantitative estimate of drug-likeness (QED) is 0.560. The summed E-state index contributed by atoms with van der Waals surface area (Å²) in [6, 6.07) is 1.86. The highest BCUT2D eigenvalue weighted by Gasteiger charge is 2.01. The van der Waals surface area contributed by atoms with Gasteiger partial charge in [-0.3, -0.25) is 10.4 Å². The van der Waals surface area contributed by atoms with Crippen molar-refractivity contribution >= 4 is 5.84 Å². The second kappa shape index (κ2) is 4.60. The molecule has 1 rings (SSSR count). The Morgan fingerprint density at radius 3 is 2.86 bits per heavy atom. The third-order valence-corrected chi connectivity index (χ3v) is 1.54. The lowest BCUT2D eigenvalue weighted by Crippen LogP contribution is -2.13. The highest BCUT2D eigenvalue weighted by atomic mass is 16.5. The minimum absolute atomic E-state index is 0.129. The first-order valence-corrected chi connectivity index (χ1v) is 4.51. The Morgan fingerprint density at radius 1 is 1.57 bits per heavy atom. The average Bonchev–Trinajstić information content (AvgIpc) is 2.01. The number of nitrogens with one attached hydrogen (secondary N) is 1. The van der Waals surface area contributed by atoms with E-state index in [1.807, 2.05) is 19.9 Å². The number of amidine groups is 1. The van der Waals surface area contributed by atoms with Crippen LogP contribution in [0, 0.1) is 5.41 Å². The Balaban J connectivity index is 2.73. The molecule has 76 valence electrons. The van der Waals surface area contributed by atoms with Crippen LogP contribution < -0.4 is 10.5 Å². The summed E-state index contributed by atoms with van der Waals surface area (Å²) in [5.74, 6) is 0.854. The zero-order chi connectivity index (χ0) is 10.6. The molecule has 0 aliphatic carbocycles. The van der Waals surface area contributed by atoms with E-state index in [9.17, 15) is 0 Å². The van der Waals surface area contributed by atoms with Gasteiger partial charge in [-0.2, -0.15) is 0 Å². The molecule has 1 aromatic heterocycles. The Labute approximate surface area is 83.6 Å². The Hall–Kier alpha value is -1.58. The van der Waals surface area contributed by atoms with E-state index in [1.54, 1.807) is 12.4 Å². The number of ether oxygens (including phenoxy) is 1. The van der Waals surface area contributed by atoms with Crippen LogP contribution in [-0.2, 0) is 6.42 Å². The fraction of sp³-hybridized carbons (Fsp3) is 0.400. The van der Waals surface area contributed by atoms with Gasteiger partial charge in [-0.1, -0.05) is 0 Å². The molecule has 0 saturated heterocycles. The van der Waals surface area contributed by atoms with Gasteiger partial charge >= 0.3 is 0 Å². The van der Waals surface area contributed by atoms with Crippen LogP contribution in [0.2, 0.25) is 0 Å². The van der Waals surface area contributed by atoms with Crippen molar-refractivity contribution in [3.05, 3.63) is 24.0 Å². The molecule has 0 amide bonds. The highest BCUT2D eigenvalue weighted by molar-refractivity contribution is 5.79. The molecule has 0 saturated carbocycles. The minimum Gasteiger partial charge on any atom is -0.489 e. The molecule has 0 atom stereocenters. The molecule has 4 heteroatoms. The van der Waals surface area contributed by atoms with Gasteiger partial charge in [0.2, 0.25) is 0 Å². The summed E-state index contributed by atoms with van der Waals surface area (Å²) in [6.07, 6.45) is 3.89. The normalized spacial score (nSPS) is 10.2. The molecule has 0 aliphatic heterocycles. The van der Waals surface area contributed by atoms with Gasteiger partial charge in [-0.15, -0.1) is 0 Å². The fourth-order valence-electron chi connectivity index (χ4n) is 1.12. The molecule has 0 spiro atoms. The maximum atomic E-state index is 7.15. The third kappa shape index (κ3) is 3.43. The van der Waals surface area contributed by atoms with Crippen LogP contribution >= 0.6 is 0 Å². The number of nitrogens with zero attached hydrogens (tertiary/aromatic N) is 1. The van der Waals surface area contributed by atoms with Crippen LogP contribution in [0.3, 0.4) is 0 Å². The lowest BCUT2D eigenvalue weighted by Gasteiger charge is -2.09. The van der Waals surface area contributed by atoms with Gasteiger partial charge < -0.3 is 10.5 Å². The van der Waals surface area contributed by atoms with Gasteiger partial charge in [-0.05, 0) is 25.5 Å². The average molecular weight is 193 g/mol. The van der Waals surface area contributed by atoms with Crippen molar-refractivity contribution in [2.75, 3.05) is 0 Å². The topological polar surface area (TPSA) is 72.0 Å². The van der Waals surface area contributed by atoms with E-state index in [4.69, 9.17) is 15.9 Å². The summed E-state index contributed by atoms with van der Waals surface area (Å²) < 4.78 is 5.46. The summed E-state index contributed by atoms with van der Waals surface area (Å²) in [4.78, 5) is 4.01. The standard InChI is InChI=1S/C10H15N3O/c1-7(2)14-9-3-8(4-10(11)12)5-13-6-9/h3,5-7H,4H2,1-2H3,(H3,11,12). The van der Waals surface area contributed by atoms with Gasteiger partial charge in [0, 0.05) is 12.6 Å². The SMILES string of the molecule is CC(C)Oc1cncc(CC(=N)N)c1. The Bertz CT molecular complexity index is 323. The first-order chi connectivity index (χ1) is 6.58. The predicted molar refractivity (Wildman–Crippen MR) is 55.6 cm³/mol. The first-order valence-electron chi connectivity index (χ1n) is 4.51. The van der Waals surface area contributed by atoms with Crippen molar-refractivity contribution in [3.8, 4) is 5.75 Å². The summed E-state index contributed by atoms with van der Waals surface area (Å²) >= 11 is 0. The molecule has 0 aromatic carbocycles. The molecular formula is C10H15N3O. The van der Waals surface area contributed by atoms with Crippen molar-refractivity contribution in [2.45, 2.75) is 26.4 Å². The molecule has 4 nitrogen and oxygen atoms in total. The minimum atomic E-state index is 0.129. The molecule has 0 unspecified atom stereocenters. The van der Waals surface area contributed by atoms with E-state index >= 15 is 0 Å². The van der Waals surface area contributed by atoms with E-state index < -0.39 is 0 Å². The molecule has 0 bridgehead atoms. The van der Waals surface area contributed by atoms with Gasteiger partial charge in [0.05, 0.1) is 18.1 Å². The smallest absolute Gasteiger partial charge is 0.138 e. The zero-order valence-electron chi connectivity index (χ0n) is 8.45. The zero-order valence-corrected chi connectivity index (χ0v) is 8.45. The van der Waals surface area contributed by atoms with E-state index in [2.05, 4.69) is 4.98 Å². The van der Waals surface area contributed by atoms with Crippen molar-refractivity contribution in [2.24, 2.45) is 5.73 Å². The van der Waals surface area contributed by atoms with Crippen molar-refractivity contribution in [3.63, 3.8) is 0 Å². The van der Waals surface area contributed by atoms with E-state index in [1.165, 1.54) is 0 Å². The highest BCUT2D eigenvalue weighted by Crippen LogP contribution is 2.13. The van der Waals surface area contributed by atoms with Gasteiger partial charge in [0.15, 0.2) is 0 Å². The van der Waals surface area contributed by atoms with Gasteiger partial charge in [-0.25, -0.2) is 0 Å². The molecule has 1 heterocycles. The molecule has 0 fully saturated rings. The van der Waals surface area contributed by atoms with E-state index in [-0.39, 0.29) is 11.9 Å². The lowest BCUT2D eigenvalue weighted by molar-refractivity contribution is 0.241. The van der Waals surface area contributed by atoms with Crippen molar-refractivity contribution in [1.29, 1.82) is 5.41 Å². The number of rotatable bonds is 4. The van der Waals surface area contributed by atoms with E-state index in [0.29, 0.717) is 6.42 Å². The van der Waals surface area contributed by atoms with Crippen LogP contribution in [-0.4, -0.2) is 16.9 Å². The maximum absolute atomic E-state index is 7.15. The van der Waals surface area contributed by atoms with Crippen molar-refractivity contribution in [1.82, 2.24) is 4.98 Å². The van der Waals surface area contributed by atoms with Crippen LogP contribution in [0.25, 0.3) is 0 Å². The molecule has 0 radical (unpaired) electrons. The summed E-state index contributed by atoms with van der Waals surface area (Å²) in [5, 5.41) is 7.15. The number of aromatic nitrogens is 1. The van der Waals surface area contributed by atoms with Gasteiger partial charge in [0.1, 0.15) is 5.75 Å². The monoisotopic (exact) mass is 193 g/mol. The van der Waals surface area contributed by atoms with Crippen LogP contribution in [0.15, 0.2) is 18.5 Å². The van der Waals surface area contributed by atoms with Gasteiger partial charge in [0.25, 0.3) is 0 Å². The molecule has 14 heavy (non-hydrogen) atoms. The number of hydrogen-bond donors (Lipinski definition) is 2. The maximum Gasteiger partial charge on any atom is 0.138 e. The lowest BCUT2D eigenvalue weighted by atomic mass is 10.2. The number of hydrogen-bond acceptors (Lipinski definition) is 3. The summed E-state index contributed by atoms with van der Waals surface area (Å²) in [6.45, 7) is 3.91. The Morgan fingerprint density at radius 2 is 2.29 bits per heavy atom. The summed E-state index contributed by atoms with van der Waals surface area (Å²) in [7, 11) is 0. The third-order valence-electron chi connectivity index (χ3n) is 1.54. The summed E-state index contributed by atoms with van der Waals surface area (Å²) in [5.41, 5.74) is 6.19. The molecular weight excluding hydrogens is 178 g/mol. The molecule has 1 aromatic rings. The second-order valence-corrected chi connectivity index (χ2v) is 3.40. The molecule has 0 aliphatic rings. The second-order valence-electron chi connectivity index (χ2n) is 3.40. The molecule has 3 N–H and O–H groups in total. The van der Waals surface area contributed by atoms with Crippen molar-refractivity contribution < 1.29 is 4.74 Å². The predicted octanol–water partition coefficient (Wildman–Crippen LogP) is 1.35. The van der Waals surface area contributed by atoms with Crippen LogP contribution in [0.5, 0.6) is 5.75 Å². The Kier molecular flexibility index (Phi) is 3.45. The van der Waals surface area contributed by atoms with Crippen LogP contribution in [0.1, 0.15) is 19.4 Å². The number of pyridine rings is 1. The number of nitrogens with two attached hydrogens (primary N) is 1. The van der Waals surface area contributed by atoms with Crippen LogP contribution in [0.4, 0.5) is 0 Å². The fourth-order valence-corrected chi connectivity index (χ4v) is 1.12. The van der Waals surface area contributed by atoms with E-state index in [0.717, 1.165) is 11.3 Å². The largest absolute Gasteiger partial charge is 0.489 e.